The van der Waals surface area contributed by atoms with E-state index in [1.165, 1.54) is 59.3 Å². The molecule has 0 nitrogen and oxygen atoms in total. The van der Waals surface area contributed by atoms with Gasteiger partial charge in [0.2, 0.25) is 0 Å². The van der Waals surface area contributed by atoms with Gasteiger partial charge in [-0.1, -0.05) is 64.8 Å². The second kappa shape index (κ2) is 14.6. The van der Waals surface area contributed by atoms with E-state index < -0.39 is 0 Å². The van der Waals surface area contributed by atoms with Crippen LogP contribution in [0.1, 0.15) is 73.1 Å². The van der Waals surface area contributed by atoms with Crippen molar-refractivity contribution in [3.05, 3.63) is 76.9 Å². The maximum absolute atomic E-state index is 2.42. The van der Waals surface area contributed by atoms with Gasteiger partial charge in [-0.3, -0.25) is 0 Å². The molecule has 0 fully saturated rings. The molecule has 0 spiro atoms. The Kier molecular flexibility index (Phi) is 12.7. The van der Waals surface area contributed by atoms with Crippen LogP contribution in [0.4, 0.5) is 0 Å². The zero-order chi connectivity index (χ0) is 19.9. The van der Waals surface area contributed by atoms with Crippen molar-refractivity contribution in [2.75, 3.05) is 5.75 Å². The van der Waals surface area contributed by atoms with Gasteiger partial charge < -0.3 is 0 Å². The van der Waals surface area contributed by atoms with Crippen LogP contribution in [-0.4, -0.2) is 5.75 Å². The van der Waals surface area contributed by atoms with Gasteiger partial charge in [-0.2, -0.15) is 0 Å². The van der Waals surface area contributed by atoms with Gasteiger partial charge in [0.15, 0.2) is 0 Å². The van der Waals surface area contributed by atoms with Crippen LogP contribution < -0.4 is 0 Å². The smallest absolute Gasteiger partial charge is 0.0163 e. The van der Waals surface area contributed by atoms with Gasteiger partial charge in [-0.25, -0.2) is 0 Å². The van der Waals surface area contributed by atoms with E-state index in [9.17, 15) is 0 Å². The standard InChI is InChI=1S/C26H38S/c1-22(2)12-9-13-23(3)14-10-15-24(4)16-11-17-25(5)20-21-27-26-18-7-6-8-19-26/h6-8,12,14,16,18-20H,9-11,13,15,17,21H2,1-5H3/b23-14+,24-16+,25-20+. The maximum atomic E-state index is 2.42. The summed E-state index contributed by atoms with van der Waals surface area (Å²) in [5.74, 6) is 1.06. The normalized spacial score (nSPS) is 13.0. The maximum Gasteiger partial charge on any atom is 0.0163 e. The van der Waals surface area contributed by atoms with Crippen molar-refractivity contribution in [1.29, 1.82) is 0 Å². The third-order valence-electron chi connectivity index (χ3n) is 4.58. The molecule has 27 heavy (non-hydrogen) atoms. The fraction of sp³-hybridized carbons (Fsp3) is 0.462. The van der Waals surface area contributed by atoms with Crippen molar-refractivity contribution >= 4 is 11.8 Å². The first-order valence-corrected chi connectivity index (χ1v) is 11.2. The van der Waals surface area contributed by atoms with Gasteiger partial charge in [0, 0.05) is 10.6 Å². The van der Waals surface area contributed by atoms with Gasteiger partial charge >= 0.3 is 0 Å². The van der Waals surface area contributed by atoms with Crippen LogP contribution in [0.15, 0.2) is 81.8 Å². The van der Waals surface area contributed by atoms with E-state index in [1.807, 2.05) is 11.8 Å². The Morgan fingerprint density at radius 2 is 1.15 bits per heavy atom. The predicted octanol–water partition coefficient (Wildman–Crippen LogP) is 8.92. The van der Waals surface area contributed by atoms with E-state index in [1.54, 1.807) is 0 Å². The lowest BCUT2D eigenvalue weighted by Crippen LogP contribution is -1.83. The Morgan fingerprint density at radius 3 is 1.67 bits per heavy atom. The summed E-state index contributed by atoms with van der Waals surface area (Å²) >= 11 is 1.91. The number of hydrogen-bond acceptors (Lipinski definition) is 1. The van der Waals surface area contributed by atoms with E-state index in [4.69, 9.17) is 0 Å². The molecule has 0 aliphatic carbocycles. The van der Waals surface area contributed by atoms with E-state index in [2.05, 4.69) is 89.3 Å². The summed E-state index contributed by atoms with van der Waals surface area (Å²) in [5.41, 5.74) is 5.96. The van der Waals surface area contributed by atoms with Gasteiger partial charge in [-0.15, -0.1) is 11.8 Å². The Morgan fingerprint density at radius 1 is 0.667 bits per heavy atom. The lowest BCUT2D eigenvalue weighted by atomic mass is 10.0. The number of thioether (sulfide) groups is 1. The molecule has 0 atom stereocenters. The Hall–Kier alpha value is -1.47. The molecule has 0 saturated carbocycles. The number of benzene rings is 1. The summed E-state index contributed by atoms with van der Waals surface area (Å²) in [6.45, 7) is 11.1. The minimum absolute atomic E-state index is 1.06. The SMILES string of the molecule is CC(C)=CCC/C(C)=C/CC/C(C)=C/CC/C(C)=C/CSc1ccccc1. The number of allylic oxidation sites excluding steroid dienone is 7. The van der Waals surface area contributed by atoms with E-state index >= 15 is 0 Å². The van der Waals surface area contributed by atoms with Crippen LogP contribution in [0, 0.1) is 0 Å². The van der Waals surface area contributed by atoms with Crippen molar-refractivity contribution in [2.45, 2.75) is 78.0 Å². The highest BCUT2D eigenvalue weighted by molar-refractivity contribution is 7.99. The molecular formula is C26H38S. The molecule has 0 aliphatic heterocycles. The predicted molar refractivity (Wildman–Crippen MR) is 126 cm³/mol. The van der Waals surface area contributed by atoms with Gasteiger partial charge in [0.05, 0.1) is 0 Å². The van der Waals surface area contributed by atoms with Crippen LogP contribution in [0.3, 0.4) is 0 Å². The van der Waals surface area contributed by atoms with Gasteiger partial charge in [0.25, 0.3) is 0 Å². The number of rotatable bonds is 12. The van der Waals surface area contributed by atoms with Crippen LogP contribution in [0.2, 0.25) is 0 Å². The molecule has 0 saturated heterocycles. The molecule has 0 aliphatic rings. The van der Waals surface area contributed by atoms with Crippen molar-refractivity contribution < 1.29 is 0 Å². The summed E-state index contributed by atoms with van der Waals surface area (Å²) in [7, 11) is 0. The molecule has 0 unspecified atom stereocenters. The quantitative estimate of drug-likeness (QED) is 0.257. The van der Waals surface area contributed by atoms with Gasteiger partial charge in [-0.05, 0) is 85.3 Å². The zero-order valence-electron chi connectivity index (χ0n) is 18.1. The fourth-order valence-corrected chi connectivity index (χ4v) is 3.69. The minimum Gasteiger partial charge on any atom is -0.122 e. The molecule has 0 radical (unpaired) electrons. The molecule has 0 aromatic heterocycles. The summed E-state index contributed by atoms with van der Waals surface area (Å²) < 4.78 is 0. The molecule has 1 aromatic carbocycles. The van der Waals surface area contributed by atoms with Crippen molar-refractivity contribution in [1.82, 2.24) is 0 Å². The van der Waals surface area contributed by atoms with Gasteiger partial charge in [0.1, 0.15) is 0 Å². The zero-order valence-corrected chi connectivity index (χ0v) is 18.9. The van der Waals surface area contributed by atoms with Crippen LogP contribution >= 0.6 is 11.8 Å². The fourth-order valence-electron chi connectivity index (χ4n) is 2.78. The number of hydrogen-bond donors (Lipinski definition) is 0. The van der Waals surface area contributed by atoms with Crippen LogP contribution in [-0.2, 0) is 0 Å². The molecule has 148 valence electrons. The lowest BCUT2D eigenvalue weighted by molar-refractivity contribution is 0.899. The highest BCUT2D eigenvalue weighted by atomic mass is 32.2. The van der Waals surface area contributed by atoms with Crippen molar-refractivity contribution in [2.24, 2.45) is 0 Å². The first-order chi connectivity index (χ1) is 13.0. The topological polar surface area (TPSA) is 0 Å². The molecule has 0 bridgehead atoms. The molecule has 0 N–H and O–H groups in total. The second-order valence-corrected chi connectivity index (χ2v) is 8.77. The molecular weight excluding hydrogens is 344 g/mol. The highest BCUT2D eigenvalue weighted by Gasteiger charge is 1.94. The van der Waals surface area contributed by atoms with Crippen LogP contribution in [0.25, 0.3) is 0 Å². The molecule has 1 heteroatoms. The molecule has 1 rings (SSSR count). The average molecular weight is 383 g/mol. The minimum atomic E-state index is 1.06. The summed E-state index contributed by atoms with van der Waals surface area (Å²) in [6.07, 6.45) is 16.6. The summed E-state index contributed by atoms with van der Waals surface area (Å²) in [5, 5.41) is 0. The van der Waals surface area contributed by atoms with E-state index in [0.29, 0.717) is 0 Å². The Labute approximate surface area is 172 Å². The lowest BCUT2D eigenvalue weighted by Gasteiger charge is -2.03. The third kappa shape index (κ3) is 13.4. The van der Waals surface area contributed by atoms with Crippen LogP contribution in [0.5, 0.6) is 0 Å². The monoisotopic (exact) mass is 382 g/mol. The molecule has 0 heterocycles. The average Bonchev–Trinajstić information content (AvgIpc) is 2.62. The Bertz CT molecular complexity index is 640. The highest BCUT2D eigenvalue weighted by Crippen LogP contribution is 2.18. The van der Waals surface area contributed by atoms with E-state index in [0.717, 1.165) is 12.2 Å². The largest absolute Gasteiger partial charge is 0.122 e. The second-order valence-electron chi connectivity index (χ2n) is 7.67. The third-order valence-corrected chi connectivity index (χ3v) is 5.52. The van der Waals surface area contributed by atoms with E-state index in [-0.39, 0.29) is 0 Å². The first-order valence-electron chi connectivity index (χ1n) is 10.3. The first kappa shape index (κ1) is 23.6. The Balaban J connectivity index is 2.21. The summed E-state index contributed by atoms with van der Waals surface area (Å²) in [4.78, 5) is 1.35. The summed E-state index contributed by atoms with van der Waals surface area (Å²) in [6, 6.07) is 10.6. The van der Waals surface area contributed by atoms with Crippen molar-refractivity contribution in [3.63, 3.8) is 0 Å². The molecule has 0 amide bonds. The molecule has 1 aromatic rings. The van der Waals surface area contributed by atoms with Crippen molar-refractivity contribution in [3.8, 4) is 0 Å².